The molecule has 0 radical (unpaired) electrons. The summed E-state index contributed by atoms with van der Waals surface area (Å²) in [5.74, 6) is 0.0667. The number of rotatable bonds is 3. The summed E-state index contributed by atoms with van der Waals surface area (Å²) >= 11 is 1.80. The van der Waals surface area contributed by atoms with Gasteiger partial charge in [-0.2, -0.15) is 10.2 Å². The first-order valence-corrected chi connectivity index (χ1v) is 12.5. The highest BCUT2D eigenvalue weighted by Gasteiger charge is 2.29. The Morgan fingerprint density at radius 1 is 1.11 bits per heavy atom. The van der Waals surface area contributed by atoms with Gasteiger partial charge in [-0.1, -0.05) is 12.1 Å². The number of aromatic nitrogens is 5. The van der Waals surface area contributed by atoms with E-state index in [4.69, 9.17) is 4.74 Å². The molecule has 0 atom stereocenters. The third-order valence-corrected chi connectivity index (χ3v) is 8.30. The highest BCUT2D eigenvalue weighted by atomic mass is 32.1. The Morgan fingerprint density at radius 3 is 2.83 bits per heavy atom. The highest BCUT2D eigenvalue weighted by Crippen LogP contribution is 2.46. The number of carbonyl (C=O) groups excluding carboxylic acids is 1. The van der Waals surface area contributed by atoms with E-state index in [1.54, 1.807) is 11.3 Å². The van der Waals surface area contributed by atoms with Crippen LogP contribution in [0.3, 0.4) is 0 Å². The van der Waals surface area contributed by atoms with E-state index >= 15 is 0 Å². The van der Waals surface area contributed by atoms with Crippen LogP contribution in [-0.4, -0.2) is 61.7 Å². The number of H-pyrrole nitrogens is 1. The minimum atomic E-state index is 0.0667. The number of carbonyl (C=O) groups is 1. The molecule has 2 aliphatic rings. The number of benzene rings is 1. The lowest BCUT2D eigenvalue weighted by Gasteiger charge is -2.26. The lowest BCUT2D eigenvalue weighted by atomic mass is 10.0. The average Bonchev–Trinajstić information content (AvgIpc) is 3.67. The van der Waals surface area contributed by atoms with Crippen LogP contribution < -0.4 is 0 Å². The third-order valence-electron chi connectivity index (χ3n) is 7.11. The molecule has 1 aliphatic heterocycles. The third kappa shape index (κ3) is 3.19. The maximum atomic E-state index is 13.0. The highest BCUT2D eigenvalue weighted by molar-refractivity contribution is 7.16. The Hall–Kier alpha value is -3.69. The van der Waals surface area contributed by atoms with E-state index in [0.29, 0.717) is 32.0 Å². The van der Waals surface area contributed by atoms with Crippen molar-refractivity contribution in [3.8, 4) is 33.0 Å². The van der Waals surface area contributed by atoms with E-state index in [1.165, 1.54) is 20.9 Å². The summed E-state index contributed by atoms with van der Waals surface area (Å²) < 4.78 is 9.23. The fourth-order valence-corrected chi connectivity index (χ4v) is 6.36. The van der Waals surface area contributed by atoms with E-state index in [1.807, 2.05) is 40.5 Å². The second-order valence-electron chi connectivity index (χ2n) is 9.22. The first-order chi connectivity index (χ1) is 17.1. The minimum absolute atomic E-state index is 0.0667. The van der Waals surface area contributed by atoms with Crippen LogP contribution in [0.5, 0.6) is 0 Å². The number of nitrogens with zero attached hydrogens (tertiary/aromatic N) is 5. The van der Waals surface area contributed by atoms with Crippen LogP contribution in [-0.2, 0) is 25.3 Å². The fraction of sp³-hybridized carbons (Fsp3) is 0.269. The molecule has 0 saturated carbocycles. The molecule has 1 N–H and O–H groups in total. The van der Waals surface area contributed by atoms with Gasteiger partial charge in [-0.05, 0) is 18.2 Å². The van der Waals surface area contributed by atoms with Crippen molar-refractivity contribution < 1.29 is 9.53 Å². The maximum absolute atomic E-state index is 13.0. The zero-order valence-electron chi connectivity index (χ0n) is 19.5. The lowest BCUT2D eigenvalue weighted by Crippen LogP contribution is -2.41. The number of ether oxygens (including phenoxy) is 1. The van der Waals surface area contributed by atoms with Crippen LogP contribution in [0.15, 0.2) is 42.7 Å². The molecule has 0 unspecified atom stereocenters. The zero-order chi connectivity index (χ0) is 23.7. The van der Waals surface area contributed by atoms with E-state index in [-0.39, 0.29) is 5.91 Å². The topological polar surface area (TPSA) is 81.0 Å². The second kappa shape index (κ2) is 7.66. The van der Waals surface area contributed by atoms with Crippen molar-refractivity contribution >= 4 is 28.1 Å². The summed E-state index contributed by atoms with van der Waals surface area (Å²) in [6.07, 6.45) is 4.80. The van der Waals surface area contributed by atoms with Gasteiger partial charge in [-0.25, -0.2) is 0 Å². The Bertz CT molecular complexity index is 1610. The van der Waals surface area contributed by atoms with Crippen LogP contribution in [0.4, 0.5) is 0 Å². The summed E-state index contributed by atoms with van der Waals surface area (Å²) in [6.45, 7) is 2.49. The quantitative estimate of drug-likeness (QED) is 0.411. The number of amides is 1. The summed E-state index contributed by atoms with van der Waals surface area (Å²) in [5.41, 5.74) is 8.55. The molecule has 1 aliphatic carbocycles. The van der Waals surface area contributed by atoms with Gasteiger partial charge in [0, 0.05) is 77.2 Å². The molecule has 8 nitrogen and oxygen atoms in total. The Kier molecular flexibility index (Phi) is 4.52. The molecular formula is C26H24N6O2S. The number of hydrogen-bond acceptors (Lipinski definition) is 5. The first kappa shape index (κ1) is 20.7. The number of hydrogen-bond donors (Lipinski definition) is 1. The normalized spacial score (nSPS) is 15.1. The molecule has 9 heteroatoms. The summed E-state index contributed by atoms with van der Waals surface area (Å²) in [6, 6.07) is 10.6. The predicted molar refractivity (Wildman–Crippen MR) is 136 cm³/mol. The molecule has 0 spiro atoms. The minimum Gasteiger partial charge on any atom is -0.378 e. The molecule has 0 bridgehead atoms. The second-order valence-corrected chi connectivity index (χ2v) is 10.4. The van der Waals surface area contributed by atoms with Crippen LogP contribution in [0, 0.1) is 0 Å². The van der Waals surface area contributed by atoms with Gasteiger partial charge in [0.25, 0.3) is 5.91 Å². The van der Waals surface area contributed by atoms with Gasteiger partial charge in [-0.15, -0.1) is 11.3 Å². The largest absolute Gasteiger partial charge is 0.378 e. The van der Waals surface area contributed by atoms with Gasteiger partial charge in [0.1, 0.15) is 5.69 Å². The lowest BCUT2D eigenvalue weighted by molar-refractivity contribution is 0.0296. The number of aromatic amines is 1. The van der Waals surface area contributed by atoms with Crippen molar-refractivity contribution in [2.45, 2.75) is 6.42 Å². The van der Waals surface area contributed by atoms with Crippen LogP contribution in [0.1, 0.15) is 20.9 Å². The van der Waals surface area contributed by atoms with Gasteiger partial charge in [-0.3, -0.25) is 14.6 Å². The van der Waals surface area contributed by atoms with Crippen molar-refractivity contribution in [3.63, 3.8) is 0 Å². The number of fused-ring (bicyclic) bond motifs is 4. The van der Waals surface area contributed by atoms with Crippen molar-refractivity contribution in [2.75, 3.05) is 26.3 Å². The number of thiophene rings is 1. The van der Waals surface area contributed by atoms with E-state index in [0.717, 1.165) is 39.8 Å². The van der Waals surface area contributed by atoms with E-state index < -0.39 is 0 Å². The molecular weight excluding hydrogens is 460 g/mol. The smallest absolute Gasteiger partial charge is 0.270 e. The molecule has 1 amide bonds. The number of nitrogens with one attached hydrogen (secondary N) is 1. The summed E-state index contributed by atoms with van der Waals surface area (Å²) in [7, 11) is 3.90. The van der Waals surface area contributed by atoms with Crippen molar-refractivity contribution in [3.05, 3.63) is 58.9 Å². The molecule has 1 aromatic carbocycles. The Labute approximate surface area is 205 Å². The fourth-order valence-electron chi connectivity index (χ4n) is 5.21. The van der Waals surface area contributed by atoms with Crippen LogP contribution >= 0.6 is 11.3 Å². The molecule has 176 valence electrons. The molecule has 1 fully saturated rings. The average molecular weight is 485 g/mol. The molecule has 35 heavy (non-hydrogen) atoms. The van der Waals surface area contributed by atoms with Crippen molar-refractivity contribution in [2.24, 2.45) is 14.1 Å². The first-order valence-electron chi connectivity index (χ1n) is 11.7. The monoisotopic (exact) mass is 484 g/mol. The summed E-state index contributed by atoms with van der Waals surface area (Å²) in [4.78, 5) is 17.4. The van der Waals surface area contributed by atoms with Gasteiger partial charge in [0.15, 0.2) is 0 Å². The van der Waals surface area contributed by atoms with Gasteiger partial charge in [0.05, 0.1) is 36.3 Å². The Morgan fingerprint density at radius 2 is 1.97 bits per heavy atom. The SMILES string of the molecule is Cn1cc(-c2cc3c(s2)Cc2c(-c4ccc5cnn(C)c5c4)n[nH]c2-3)cc1C(=O)N1CCOCC1. The van der Waals surface area contributed by atoms with Crippen molar-refractivity contribution in [1.82, 2.24) is 29.4 Å². The van der Waals surface area contributed by atoms with E-state index in [9.17, 15) is 4.79 Å². The van der Waals surface area contributed by atoms with Gasteiger partial charge >= 0.3 is 0 Å². The molecule has 1 saturated heterocycles. The maximum Gasteiger partial charge on any atom is 0.270 e. The van der Waals surface area contributed by atoms with Gasteiger partial charge < -0.3 is 14.2 Å². The molecule has 7 rings (SSSR count). The summed E-state index contributed by atoms with van der Waals surface area (Å²) in [5, 5.41) is 13.5. The molecule has 5 aromatic rings. The standard InChI is InChI=1S/C26H24N6O2S/c1-30-14-17(10-21(30)26(33)32-5-7-34-8-6-32)22-11-18-23(35-22)12-19-24(28-29-25(18)19)15-3-4-16-13-27-31(2)20(16)9-15/h3-4,9-11,13-14H,5-8,12H2,1-2H3,(H,28,29). The van der Waals surface area contributed by atoms with Crippen LogP contribution in [0.2, 0.25) is 0 Å². The van der Waals surface area contributed by atoms with Crippen LogP contribution in [0.25, 0.3) is 43.9 Å². The number of morpholine rings is 1. The van der Waals surface area contributed by atoms with Crippen molar-refractivity contribution in [1.29, 1.82) is 0 Å². The number of aryl methyl sites for hydroxylation is 2. The molecule has 5 heterocycles. The Balaban J connectivity index is 1.20. The van der Waals surface area contributed by atoms with Gasteiger partial charge in [0.2, 0.25) is 0 Å². The predicted octanol–water partition coefficient (Wildman–Crippen LogP) is 4.07. The zero-order valence-corrected chi connectivity index (χ0v) is 20.4. The molecule has 4 aromatic heterocycles. The van der Waals surface area contributed by atoms with E-state index in [2.05, 4.69) is 45.8 Å².